The van der Waals surface area contributed by atoms with Crippen molar-refractivity contribution in [3.05, 3.63) is 38.8 Å². The van der Waals surface area contributed by atoms with Crippen molar-refractivity contribution in [1.29, 1.82) is 0 Å². The summed E-state index contributed by atoms with van der Waals surface area (Å²) >= 11 is 5.89. The highest BCUT2D eigenvalue weighted by Gasteiger charge is 2.31. The van der Waals surface area contributed by atoms with E-state index in [9.17, 15) is 29.9 Å². The molecule has 120 valence electrons. The third-order valence-electron chi connectivity index (χ3n) is 2.90. The first-order valence-corrected chi connectivity index (χ1v) is 7.42. The lowest BCUT2D eigenvalue weighted by Gasteiger charge is -2.14. The number of carboxylic acids is 1. The van der Waals surface area contributed by atoms with Crippen LogP contribution in [-0.4, -0.2) is 32.6 Å². The smallest absolute Gasteiger partial charge is 0.269 e. The maximum Gasteiger partial charge on any atom is 0.269 e. The van der Waals surface area contributed by atoms with Crippen LogP contribution in [0.2, 0.25) is 0 Å². The van der Waals surface area contributed by atoms with E-state index in [1.165, 1.54) is 6.08 Å². The van der Waals surface area contributed by atoms with E-state index in [0.29, 0.717) is 0 Å². The second-order valence-corrected chi connectivity index (χ2v) is 6.11. The van der Waals surface area contributed by atoms with Crippen LogP contribution < -0.4 is 10.2 Å². The number of carboxylic acid groups (broad SMARTS) is 1. The van der Waals surface area contributed by atoms with E-state index in [4.69, 9.17) is 12.2 Å². The number of carbonyl (C=O) groups excluding carboxylic acids is 2. The minimum Gasteiger partial charge on any atom is -0.872 e. The number of nitrogens with zero attached hydrogens (tertiary/aromatic N) is 2. The lowest BCUT2D eigenvalue weighted by Crippen LogP contribution is -2.33. The van der Waals surface area contributed by atoms with Crippen LogP contribution in [0.15, 0.2) is 23.1 Å². The zero-order valence-corrected chi connectivity index (χ0v) is 13.0. The first-order chi connectivity index (χ1) is 10.8. The fraction of sp³-hybridized carbons (Fsp3) is 0.154. The van der Waals surface area contributed by atoms with E-state index < -0.39 is 22.5 Å². The van der Waals surface area contributed by atoms with Gasteiger partial charge in [-0.05, 0) is 11.6 Å². The third-order valence-corrected chi connectivity index (χ3v) is 4.28. The van der Waals surface area contributed by atoms with Gasteiger partial charge in [0.25, 0.3) is 11.6 Å². The number of thiocarbonyl (C=S) groups is 1. The van der Waals surface area contributed by atoms with Gasteiger partial charge in [0.1, 0.15) is 4.32 Å². The number of thioether (sulfide) groups is 1. The number of benzene rings is 1. The Balaban J connectivity index is 2.28. The largest absolute Gasteiger partial charge is 0.872 e. The molecule has 0 atom stereocenters. The molecule has 0 unspecified atom stereocenters. The number of amides is 1. The van der Waals surface area contributed by atoms with Crippen LogP contribution in [0.1, 0.15) is 12.0 Å². The van der Waals surface area contributed by atoms with E-state index in [0.717, 1.165) is 34.9 Å². The summed E-state index contributed by atoms with van der Waals surface area (Å²) in [6, 6.07) is 3.18. The van der Waals surface area contributed by atoms with Crippen molar-refractivity contribution in [3.63, 3.8) is 0 Å². The number of non-ortho nitro benzene ring substituents is 1. The zero-order valence-electron chi connectivity index (χ0n) is 11.4. The Labute approximate surface area is 139 Å². The molecular formula is C13H8N2O6S2-2. The minimum absolute atomic E-state index is 0.0143. The molecule has 1 amide bonds. The normalized spacial score (nSPS) is 16.2. The van der Waals surface area contributed by atoms with Gasteiger partial charge in [-0.25, -0.2) is 0 Å². The third kappa shape index (κ3) is 3.85. The van der Waals surface area contributed by atoms with E-state index in [2.05, 4.69) is 0 Å². The predicted molar refractivity (Wildman–Crippen MR) is 82.0 cm³/mol. The Morgan fingerprint density at radius 1 is 1.43 bits per heavy atom. The van der Waals surface area contributed by atoms with Crippen LogP contribution in [0, 0.1) is 10.1 Å². The molecular weight excluding hydrogens is 344 g/mol. The summed E-state index contributed by atoms with van der Waals surface area (Å²) in [7, 11) is 0. The molecule has 0 radical (unpaired) electrons. The topological polar surface area (TPSA) is 127 Å². The zero-order chi connectivity index (χ0) is 17.1. The summed E-state index contributed by atoms with van der Waals surface area (Å²) in [5.41, 5.74) is -0.289. The molecule has 8 nitrogen and oxygen atoms in total. The standard InChI is InChI=1S/C13H10N2O6S2/c16-9-2-1-8(15(20)21)5-7(9)6-10-12(19)14(13(22)23-10)4-3-11(17)18/h1-2,5-6,16H,3-4H2,(H,17,18)/p-2/b10-6+. The highest BCUT2D eigenvalue weighted by atomic mass is 32.2. The summed E-state index contributed by atoms with van der Waals surface area (Å²) in [6.45, 7) is -0.135. The molecule has 0 saturated carbocycles. The van der Waals surface area contributed by atoms with Crippen molar-refractivity contribution in [1.82, 2.24) is 4.90 Å². The summed E-state index contributed by atoms with van der Waals surface area (Å²) < 4.78 is 0.153. The molecule has 2 rings (SSSR count). The second kappa shape index (κ2) is 6.75. The molecule has 0 aliphatic carbocycles. The number of nitro benzene ring substituents is 1. The Bertz CT molecular complexity index is 746. The van der Waals surface area contributed by atoms with Gasteiger partial charge >= 0.3 is 0 Å². The van der Waals surface area contributed by atoms with Gasteiger partial charge in [-0.3, -0.25) is 19.8 Å². The van der Waals surface area contributed by atoms with Gasteiger partial charge in [-0.15, -0.1) is 5.75 Å². The van der Waals surface area contributed by atoms with E-state index in [-0.39, 0.29) is 33.4 Å². The molecule has 1 aliphatic rings. The van der Waals surface area contributed by atoms with Crippen molar-refractivity contribution in [2.24, 2.45) is 0 Å². The average molecular weight is 352 g/mol. The van der Waals surface area contributed by atoms with Crippen LogP contribution in [0.4, 0.5) is 5.69 Å². The maximum absolute atomic E-state index is 12.2. The molecule has 10 heteroatoms. The highest BCUT2D eigenvalue weighted by Crippen LogP contribution is 2.34. The summed E-state index contributed by atoms with van der Waals surface area (Å²) in [4.78, 5) is 33.9. The van der Waals surface area contributed by atoms with Crippen LogP contribution in [0.25, 0.3) is 6.08 Å². The summed E-state index contributed by atoms with van der Waals surface area (Å²) in [6.07, 6.45) is 0.844. The average Bonchev–Trinajstić information content (AvgIpc) is 2.73. The molecule has 0 bridgehead atoms. The first-order valence-electron chi connectivity index (χ1n) is 6.20. The quantitative estimate of drug-likeness (QED) is 0.314. The van der Waals surface area contributed by atoms with Crippen LogP contribution in [0.5, 0.6) is 5.75 Å². The molecule has 1 saturated heterocycles. The van der Waals surface area contributed by atoms with Crippen molar-refractivity contribution in [2.75, 3.05) is 6.54 Å². The number of hydrogen-bond donors (Lipinski definition) is 0. The molecule has 1 aliphatic heterocycles. The molecule has 1 aromatic carbocycles. The SMILES string of the molecule is O=C([O-])CCN1C(=O)/C(=C\c2cc([N+](=O)[O-])ccc2[O-])SC1=S. The van der Waals surface area contributed by atoms with Gasteiger partial charge in [0.15, 0.2) is 0 Å². The van der Waals surface area contributed by atoms with Crippen molar-refractivity contribution < 1.29 is 24.7 Å². The van der Waals surface area contributed by atoms with E-state index in [1.807, 2.05) is 0 Å². The number of carbonyl (C=O) groups is 2. The first kappa shape index (κ1) is 16.9. The summed E-state index contributed by atoms with van der Waals surface area (Å²) in [5, 5.41) is 33.0. The van der Waals surface area contributed by atoms with Crippen LogP contribution in [-0.2, 0) is 9.59 Å². The number of aliphatic carboxylic acids is 1. The Hall–Kier alpha value is -2.46. The maximum atomic E-state index is 12.2. The summed E-state index contributed by atoms with van der Waals surface area (Å²) in [5.74, 6) is -2.34. The van der Waals surface area contributed by atoms with Gasteiger partial charge in [0.05, 0.1) is 9.83 Å². The van der Waals surface area contributed by atoms with Crippen LogP contribution >= 0.6 is 24.0 Å². The molecule has 0 spiro atoms. The molecule has 1 fully saturated rings. The van der Waals surface area contributed by atoms with Crippen LogP contribution in [0.3, 0.4) is 0 Å². The Kier molecular flexibility index (Phi) is 4.96. The molecule has 1 aromatic rings. The predicted octanol–water partition coefficient (Wildman–Crippen LogP) is 0.00960. The fourth-order valence-corrected chi connectivity index (χ4v) is 3.10. The molecule has 0 aromatic heterocycles. The highest BCUT2D eigenvalue weighted by molar-refractivity contribution is 8.26. The Morgan fingerprint density at radius 3 is 2.74 bits per heavy atom. The lowest BCUT2D eigenvalue weighted by molar-refractivity contribution is -0.385. The monoisotopic (exact) mass is 352 g/mol. The van der Waals surface area contributed by atoms with Gasteiger partial charge < -0.3 is 15.0 Å². The Morgan fingerprint density at radius 2 is 2.13 bits per heavy atom. The molecule has 1 heterocycles. The van der Waals surface area contributed by atoms with E-state index >= 15 is 0 Å². The van der Waals surface area contributed by atoms with Crippen molar-refractivity contribution in [3.8, 4) is 5.75 Å². The van der Waals surface area contributed by atoms with Gasteiger partial charge in [-0.2, -0.15) is 0 Å². The molecule has 23 heavy (non-hydrogen) atoms. The fourth-order valence-electron chi connectivity index (χ4n) is 1.80. The number of hydrogen-bond acceptors (Lipinski definition) is 8. The van der Waals surface area contributed by atoms with Gasteiger partial charge in [0, 0.05) is 31.1 Å². The van der Waals surface area contributed by atoms with Gasteiger partial charge in [0.2, 0.25) is 0 Å². The molecule has 0 N–H and O–H groups in total. The minimum atomic E-state index is -1.32. The van der Waals surface area contributed by atoms with Gasteiger partial charge in [-0.1, -0.05) is 30.0 Å². The lowest BCUT2D eigenvalue weighted by atomic mass is 10.1. The number of rotatable bonds is 5. The van der Waals surface area contributed by atoms with Crippen molar-refractivity contribution in [2.45, 2.75) is 6.42 Å². The second-order valence-electron chi connectivity index (χ2n) is 4.43. The van der Waals surface area contributed by atoms with Crippen molar-refractivity contribution >= 4 is 51.9 Å². The number of nitro groups is 1. The van der Waals surface area contributed by atoms with E-state index in [1.54, 1.807) is 0 Å².